The number of amides is 2. The van der Waals surface area contributed by atoms with Gasteiger partial charge in [0.1, 0.15) is 5.69 Å². The monoisotopic (exact) mass is 364 g/mol. The van der Waals surface area contributed by atoms with E-state index in [-0.39, 0.29) is 36.7 Å². The minimum Gasteiger partial charge on any atom is -0.346 e. The van der Waals surface area contributed by atoms with Gasteiger partial charge in [0.2, 0.25) is 5.91 Å². The number of nitrogens with one attached hydrogen (secondary N) is 1. The Morgan fingerprint density at radius 1 is 1.27 bits per heavy atom. The van der Waals surface area contributed by atoms with Crippen molar-refractivity contribution in [3.8, 4) is 0 Å². The Bertz CT molecular complexity index is 811. The lowest BCUT2D eigenvalue weighted by Gasteiger charge is -2.20. The van der Waals surface area contributed by atoms with Crippen LogP contribution >= 0.6 is 0 Å². The van der Waals surface area contributed by atoms with Crippen LogP contribution in [0.4, 0.5) is 13.2 Å². The fourth-order valence-corrected chi connectivity index (χ4v) is 2.84. The van der Waals surface area contributed by atoms with E-state index in [4.69, 9.17) is 0 Å². The first kappa shape index (κ1) is 17.8. The Kier molecular flexibility index (Phi) is 4.88. The van der Waals surface area contributed by atoms with Gasteiger partial charge in [0.25, 0.3) is 5.91 Å². The molecule has 1 saturated heterocycles. The van der Waals surface area contributed by atoms with E-state index in [1.807, 2.05) is 0 Å². The molecule has 0 unspecified atom stereocenters. The summed E-state index contributed by atoms with van der Waals surface area (Å²) in [6.07, 6.45) is -0.368. The molecule has 2 amide bonds. The molecular weight excluding hydrogens is 349 g/mol. The number of rotatable bonds is 4. The second kappa shape index (κ2) is 7.11. The third-order valence-corrected chi connectivity index (χ3v) is 4.03. The zero-order valence-electron chi connectivity index (χ0n) is 13.5. The van der Waals surface area contributed by atoms with Crippen LogP contribution in [0.3, 0.4) is 0 Å². The van der Waals surface area contributed by atoms with Crippen LogP contribution in [-0.4, -0.2) is 39.3 Å². The van der Waals surface area contributed by atoms with Crippen LogP contribution in [0.5, 0.6) is 0 Å². The van der Waals surface area contributed by atoms with Crippen molar-refractivity contribution in [2.24, 2.45) is 0 Å². The molecule has 136 valence electrons. The number of hydrogen-bond donors (Lipinski definition) is 1. The van der Waals surface area contributed by atoms with Crippen molar-refractivity contribution in [2.75, 3.05) is 6.54 Å². The van der Waals surface area contributed by atoms with Crippen LogP contribution in [-0.2, 0) is 17.5 Å². The molecule has 0 spiro atoms. The number of hydrogen-bond acceptors (Lipinski definition) is 4. The van der Waals surface area contributed by atoms with Crippen LogP contribution in [0.2, 0.25) is 0 Å². The SMILES string of the molecule is O=C(N[C@@H]1CC(=O)N(Cc2ccccc2C(F)(F)F)C1)c1cnccn1. The fraction of sp³-hybridized carbons (Fsp3) is 0.294. The highest BCUT2D eigenvalue weighted by molar-refractivity contribution is 5.93. The molecule has 1 aliphatic rings. The van der Waals surface area contributed by atoms with Crippen LogP contribution in [0, 0.1) is 0 Å². The summed E-state index contributed by atoms with van der Waals surface area (Å²) in [6.45, 7) is -0.0247. The number of halogens is 3. The minimum absolute atomic E-state index is 0.0225. The highest BCUT2D eigenvalue weighted by Gasteiger charge is 2.36. The number of carbonyl (C=O) groups excluding carboxylic acids is 2. The minimum atomic E-state index is -4.49. The molecule has 2 aromatic rings. The van der Waals surface area contributed by atoms with Gasteiger partial charge < -0.3 is 10.2 Å². The molecule has 1 N–H and O–H groups in total. The highest BCUT2D eigenvalue weighted by atomic mass is 19.4. The lowest BCUT2D eigenvalue weighted by atomic mass is 10.1. The second-order valence-electron chi connectivity index (χ2n) is 5.89. The average molecular weight is 364 g/mol. The van der Waals surface area contributed by atoms with Gasteiger partial charge in [0, 0.05) is 31.9 Å². The first-order valence-electron chi connectivity index (χ1n) is 7.84. The summed E-state index contributed by atoms with van der Waals surface area (Å²) in [5.74, 6) is -0.792. The van der Waals surface area contributed by atoms with Crippen molar-refractivity contribution in [3.63, 3.8) is 0 Å². The van der Waals surface area contributed by atoms with Gasteiger partial charge in [0.15, 0.2) is 0 Å². The first-order chi connectivity index (χ1) is 12.3. The Morgan fingerprint density at radius 2 is 2.04 bits per heavy atom. The summed E-state index contributed by atoms with van der Waals surface area (Å²) in [4.78, 5) is 33.2. The van der Waals surface area contributed by atoms with E-state index in [0.717, 1.165) is 6.07 Å². The van der Waals surface area contributed by atoms with E-state index >= 15 is 0 Å². The largest absolute Gasteiger partial charge is 0.416 e. The van der Waals surface area contributed by atoms with Gasteiger partial charge >= 0.3 is 6.18 Å². The summed E-state index contributed by atoms with van der Waals surface area (Å²) >= 11 is 0. The number of nitrogens with zero attached hydrogens (tertiary/aromatic N) is 3. The van der Waals surface area contributed by atoms with Crippen molar-refractivity contribution < 1.29 is 22.8 Å². The van der Waals surface area contributed by atoms with E-state index in [9.17, 15) is 22.8 Å². The third-order valence-electron chi connectivity index (χ3n) is 4.03. The second-order valence-corrected chi connectivity index (χ2v) is 5.89. The smallest absolute Gasteiger partial charge is 0.346 e. The number of benzene rings is 1. The van der Waals surface area contributed by atoms with E-state index in [2.05, 4.69) is 15.3 Å². The number of aromatic nitrogens is 2. The molecule has 1 atom stereocenters. The topological polar surface area (TPSA) is 75.2 Å². The summed E-state index contributed by atoms with van der Waals surface area (Å²) < 4.78 is 39.2. The van der Waals surface area contributed by atoms with Crippen LogP contribution in [0.1, 0.15) is 28.0 Å². The molecule has 3 rings (SSSR count). The molecule has 0 bridgehead atoms. The Hall–Kier alpha value is -2.97. The maximum Gasteiger partial charge on any atom is 0.416 e. The number of carbonyl (C=O) groups is 2. The van der Waals surface area contributed by atoms with Gasteiger partial charge in [-0.05, 0) is 11.6 Å². The summed E-state index contributed by atoms with van der Waals surface area (Å²) in [6, 6.07) is 4.65. The van der Waals surface area contributed by atoms with Gasteiger partial charge in [-0.25, -0.2) is 4.98 Å². The molecule has 6 nitrogen and oxygen atoms in total. The lowest BCUT2D eigenvalue weighted by Crippen LogP contribution is -2.37. The molecule has 1 aliphatic heterocycles. The van der Waals surface area contributed by atoms with Crippen molar-refractivity contribution in [1.82, 2.24) is 20.2 Å². The summed E-state index contributed by atoms with van der Waals surface area (Å²) in [7, 11) is 0. The van der Waals surface area contributed by atoms with Crippen molar-refractivity contribution in [2.45, 2.75) is 25.2 Å². The standard InChI is InChI=1S/C17H15F3N4O2/c18-17(19,20)13-4-2-1-3-11(13)9-24-10-12(7-15(24)25)23-16(26)14-8-21-5-6-22-14/h1-6,8,12H,7,9-10H2,(H,23,26)/t12-/m1/s1. The molecular formula is C17H15F3N4O2. The zero-order chi connectivity index (χ0) is 18.7. The summed E-state index contributed by atoms with van der Waals surface area (Å²) in [5.41, 5.74) is -0.630. The predicted octanol–water partition coefficient (Wildman–Crippen LogP) is 2.03. The molecule has 1 aromatic carbocycles. The van der Waals surface area contributed by atoms with E-state index < -0.39 is 23.7 Å². The number of likely N-dealkylation sites (tertiary alicyclic amines) is 1. The average Bonchev–Trinajstić information content (AvgIpc) is 2.94. The molecule has 1 aromatic heterocycles. The predicted molar refractivity (Wildman–Crippen MR) is 84.8 cm³/mol. The Labute approximate surface area is 147 Å². The molecule has 1 fully saturated rings. The lowest BCUT2D eigenvalue weighted by molar-refractivity contribution is -0.139. The van der Waals surface area contributed by atoms with Gasteiger partial charge in [-0.2, -0.15) is 13.2 Å². The van der Waals surface area contributed by atoms with Crippen LogP contribution in [0.25, 0.3) is 0 Å². The van der Waals surface area contributed by atoms with Crippen molar-refractivity contribution in [1.29, 1.82) is 0 Å². The van der Waals surface area contributed by atoms with Crippen molar-refractivity contribution in [3.05, 3.63) is 59.7 Å². The number of alkyl halides is 3. The van der Waals surface area contributed by atoms with Gasteiger partial charge in [-0.15, -0.1) is 0 Å². The molecule has 0 aliphatic carbocycles. The van der Waals surface area contributed by atoms with E-state index in [0.29, 0.717) is 0 Å². The van der Waals surface area contributed by atoms with Crippen LogP contribution in [0.15, 0.2) is 42.9 Å². The Morgan fingerprint density at radius 3 is 2.73 bits per heavy atom. The van der Waals surface area contributed by atoms with Crippen molar-refractivity contribution >= 4 is 11.8 Å². The normalized spacial score (nSPS) is 17.4. The molecule has 9 heteroatoms. The van der Waals surface area contributed by atoms with Gasteiger partial charge in [-0.1, -0.05) is 18.2 Å². The Balaban J connectivity index is 1.67. The maximum atomic E-state index is 13.1. The zero-order valence-corrected chi connectivity index (χ0v) is 13.5. The summed E-state index contributed by atoms with van der Waals surface area (Å²) in [5, 5.41) is 2.66. The molecule has 0 saturated carbocycles. The molecule has 26 heavy (non-hydrogen) atoms. The third kappa shape index (κ3) is 3.98. The maximum absolute atomic E-state index is 13.1. The van der Waals surface area contributed by atoms with Gasteiger partial charge in [-0.3, -0.25) is 14.6 Å². The van der Waals surface area contributed by atoms with E-state index in [1.54, 1.807) is 0 Å². The van der Waals surface area contributed by atoms with E-state index in [1.165, 1.54) is 41.7 Å². The fourth-order valence-electron chi connectivity index (χ4n) is 2.84. The highest BCUT2D eigenvalue weighted by Crippen LogP contribution is 2.32. The van der Waals surface area contributed by atoms with Gasteiger partial charge in [0.05, 0.1) is 17.8 Å². The molecule has 2 heterocycles. The molecule has 0 radical (unpaired) electrons. The van der Waals surface area contributed by atoms with Crippen LogP contribution < -0.4 is 5.32 Å². The first-order valence-corrected chi connectivity index (χ1v) is 7.84. The quantitative estimate of drug-likeness (QED) is 0.901.